The first-order valence-corrected chi connectivity index (χ1v) is 39.1. The zero-order valence-electron chi connectivity index (χ0n) is 58.7. The topological polar surface area (TPSA) is 175 Å². The lowest BCUT2D eigenvalue weighted by Gasteiger charge is -2.40. The van der Waals surface area contributed by atoms with Crippen molar-refractivity contribution in [2.24, 2.45) is 0 Å². The molecule has 0 aliphatic carbocycles. The van der Waals surface area contributed by atoms with Gasteiger partial charge in [-0.3, -0.25) is 9.59 Å². The molecule has 0 radical (unpaired) electrons. The van der Waals surface area contributed by atoms with E-state index in [9.17, 15) is 35.1 Å². The Kier molecular flexibility index (Phi) is 64.6. The third-order valence-corrected chi connectivity index (χ3v) is 18.8. The molecule has 0 aromatic carbocycles. The molecule has 1 amide bonds. The van der Waals surface area contributed by atoms with E-state index in [0.717, 1.165) is 51.4 Å². The van der Waals surface area contributed by atoms with Crippen molar-refractivity contribution in [3.63, 3.8) is 0 Å². The zero-order valence-corrected chi connectivity index (χ0v) is 58.7. The van der Waals surface area contributed by atoms with Gasteiger partial charge < -0.3 is 45.1 Å². The Labute approximate surface area is 550 Å². The highest BCUT2D eigenvalue weighted by atomic mass is 16.7. The molecule has 1 saturated heterocycles. The molecule has 0 aromatic rings. The van der Waals surface area contributed by atoms with Crippen LogP contribution in [-0.2, 0) is 23.8 Å². The second-order valence-electron chi connectivity index (χ2n) is 27.4. The maximum atomic E-state index is 13.0. The second kappa shape index (κ2) is 67.6. The molecule has 0 spiro atoms. The summed E-state index contributed by atoms with van der Waals surface area (Å²) in [6.07, 6.45) is 76.6. The first-order valence-electron chi connectivity index (χ1n) is 39.1. The lowest BCUT2D eigenvalue weighted by molar-refractivity contribution is -0.302. The number of ether oxygens (including phenoxy) is 3. The van der Waals surface area contributed by atoms with E-state index in [0.29, 0.717) is 19.4 Å². The highest BCUT2D eigenvalue weighted by Gasteiger charge is 2.44. The molecule has 89 heavy (non-hydrogen) atoms. The van der Waals surface area contributed by atoms with Gasteiger partial charge in [0.05, 0.1) is 32.0 Å². The minimum atomic E-state index is -1.57. The first-order chi connectivity index (χ1) is 43.7. The second-order valence-corrected chi connectivity index (χ2v) is 27.4. The summed E-state index contributed by atoms with van der Waals surface area (Å²) in [5.74, 6) is -0.166. The summed E-state index contributed by atoms with van der Waals surface area (Å²) in [7, 11) is 0. The van der Waals surface area contributed by atoms with E-state index in [1.54, 1.807) is 6.08 Å². The lowest BCUT2D eigenvalue weighted by atomic mass is 9.99. The van der Waals surface area contributed by atoms with E-state index < -0.39 is 49.5 Å². The minimum absolute atomic E-state index is 0.0196. The molecule has 0 aromatic heterocycles. The predicted molar refractivity (Wildman–Crippen MR) is 375 cm³/mol. The molecular weight excluding hydrogens is 1110 g/mol. The number of esters is 1. The Morgan fingerprint density at radius 1 is 0.404 bits per heavy atom. The highest BCUT2D eigenvalue weighted by molar-refractivity contribution is 5.76. The summed E-state index contributed by atoms with van der Waals surface area (Å²) in [4.78, 5) is 25.1. The van der Waals surface area contributed by atoms with Gasteiger partial charge in [-0.25, -0.2) is 0 Å². The Bertz CT molecular complexity index is 1530. The predicted octanol–water partition coefficient (Wildman–Crippen LogP) is 20.8. The number of carbonyl (C=O) groups is 2. The van der Waals surface area contributed by atoms with Gasteiger partial charge in [0.1, 0.15) is 24.4 Å². The minimum Gasteiger partial charge on any atom is -0.466 e. The van der Waals surface area contributed by atoms with Crippen LogP contribution in [0.3, 0.4) is 0 Å². The fraction of sp³-hybridized carbons (Fsp3) is 0.923. The SMILES string of the molecule is CCCCCC/C=C/CC/C=C/C(O)C(COC1OC(CO)C(O)C(O)C1O)NC(=O)CCCCCCCCCCCCCCCCCCCCCCCCCCCCCCCCCCCCCCCCCOC(=O)CCCCCCCCCCCCCC. The summed E-state index contributed by atoms with van der Waals surface area (Å²) in [6, 6.07) is -0.821. The number of unbranched alkanes of at least 4 members (excludes halogenated alkanes) is 54. The molecule has 1 aliphatic rings. The van der Waals surface area contributed by atoms with Crippen molar-refractivity contribution in [3.05, 3.63) is 24.3 Å². The molecule has 526 valence electrons. The summed E-state index contributed by atoms with van der Waals surface area (Å²) in [5.41, 5.74) is 0. The van der Waals surface area contributed by atoms with Crippen LogP contribution >= 0.6 is 0 Å². The number of rotatable bonds is 70. The number of hydrogen-bond donors (Lipinski definition) is 6. The fourth-order valence-electron chi connectivity index (χ4n) is 12.7. The van der Waals surface area contributed by atoms with Crippen molar-refractivity contribution < 1.29 is 49.3 Å². The van der Waals surface area contributed by atoms with Crippen LogP contribution in [-0.4, -0.2) is 100 Å². The third-order valence-electron chi connectivity index (χ3n) is 18.8. The molecule has 11 heteroatoms. The number of carbonyl (C=O) groups excluding carboxylic acids is 2. The molecule has 1 heterocycles. The average molecular weight is 1260 g/mol. The van der Waals surface area contributed by atoms with E-state index in [4.69, 9.17) is 14.2 Å². The van der Waals surface area contributed by atoms with Crippen LogP contribution in [0.2, 0.25) is 0 Å². The van der Waals surface area contributed by atoms with Crippen molar-refractivity contribution in [1.29, 1.82) is 0 Å². The van der Waals surface area contributed by atoms with E-state index in [2.05, 4.69) is 31.3 Å². The summed E-state index contributed by atoms with van der Waals surface area (Å²) >= 11 is 0. The maximum absolute atomic E-state index is 13.0. The van der Waals surface area contributed by atoms with E-state index in [-0.39, 0.29) is 18.5 Å². The fourth-order valence-corrected chi connectivity index (χ4v) is 12.7. The van der Waals surface area contributed by atoms with Gasteiger partial charge in [-0.2, -0.15) is 0 Å². The highest BCUT2D eigenvalue weighted by Crippen LogP contribution is 2.24. The monoisotopic (exact) mass is 1260 g/mol. The van der Waals surface area contributed by atoms with Gasteiger partial charge in [-0.05, 0) is 44.9 Å². The van der Waals surface area contributed by atoms with Crippen LogP contribution in [0.4, 0.5) is 0 Å². The molecule has 0 saturated carbocycles. The summed E-state index contributed by atoms with van der Waals surface area (Å²) in [5, 5.41) is 54.4. The van der Waals surface area contributed by atoms with E-state index in [1.165, 1.54) is 321 Å². The molecule has 1 fully saturated rings. The number of aliphatic hydroxyl groups excluding tert-OH is 5. The third kappa shape index (κ3) is 56.2. The van der Waals surface area contributed by atoms with Gasteiger partial charge in [0.15, 0.2) is 6.29 Å². The first kappa shape index (κ1) is 85.2. The average Bonchev–Trinajstić information content (AvgIpc) is 2.81. The molecular formula is C78H149NO10. The van der Waals surface area contributed by atoms with Crippen molar-refractivity contribution in [2.75, 3.05) is 19.8 Å². The number of hydrogen-bond acceptors (Lipinski definition) is 10. The molecule has 7 unspecified atom stereocenters. The van der Waals surface area contributed by atoms with Crippen LogP contribution in [0, 0.1) is 0 Å². The number of allylic oxidation sites excluding steroid dienone is 3. The van der Waals surface area contributed by atoms with Crippen LogP contribution < -0.4 is 5.32 Å². The lowest BCUT2D eigenvalue weighted by Crippen LogP contribution is -2.60. The molecule has 11 nitrogen and oxygen atoms in total. The number of nitrogens with one attached hydrogen (secondary N) is 1. The smallest absolute Gasteiger partial charge is 0.305 e. The summed E-state index contributed by atoms with van der Waals surface area (Å²) in [6.45, 7) is 4.34. The summed E-state index contributed by atoms with van der Waals surface area (Å²) < 4.78 is 16.7. The van der Waals surface area contributed by atoms with Gasteiger partial charge in [0.2, 0.25) is 5.91 Å². The largest absolute Gasteiger partial charge is 0.466 e. The molecule has 6 N–H and O–H groups in total. The Morgan fingerprint density at radius 3 is 1.11 bits per heavy atom. The standard InChI is InChI=1S/C78H149NO10/c1-3-5-7-9-11-13-15-46-50-54-58-62-66-74(83)87-67-63-59-55-51-47-44-42-40-38-36-34-32-30-28-26-24-22-20-18-16-17-19-21-23-25-27-29-31-33-35-37-39-41-43-45-49-53-57-61-65-73(82)79-70(69-88-78-77(86)76(85)75(84)72(68-80)89-78)71(81)64-60-56-52-48-14-12-10-8-6-4-2/h14,48,60,64,70-72,75-78,80-81,84-86H,3-13,15-47,49-59,61-63,65-69H2,1-2H3,(H,79,82)/b48-14+,64-60+. The van der Waals surface area contributed by atoms with Crippen LogP contribution in [0.1, 0.15) is 399 Å². The zero-order chi connectivity index (χ0) is 64.4. The van der Waals surface area contributed by atoms with Crippen LogP contribution in [0.15, 0.2) is 24.3 Å². The molecule has 7 atom stereocenters. The van der Waals surface area contributed by atoms with Crippen molar-refractivity contribution in [2.45, 2.75) is 442 Å². The van der Waals surface area contributed by atoms with Crippen molar-refractivity contribution in [1.82, 2.24) is 5.32 Å². The molecule has 1 aliphatic heterocycles. The maximum Gasteiger partial charge on any atom is 0.305 e. The molecule has 1 rings (SSSR count). The van der Waals surface area contributed by atoms with E-state index >= 15 is 0 Å². The quantitative estimate of drug-likeness (QED) is 0.0195. The van der Waals surface area contributed by atoms with Crippen LogP contribution in [0.25, 0.3) is 0 Å². The number of aliphatic hydroxyl groups is 5. The van der Waals surface area contributed by atoms with Gasteiger partial charge in [-0.15, -0.1) is 0 Å². The van der Waals surface area contributed by atoms with Crippen molar-refractivity contribution in [3.8, 4) is 0 Å². The normalized spacial score (nSPS) is 17.8. The Morgan fingerprint density at radius 2 is 0.730 bits per heavy atom. The van der Waals surface area contributed by atoms with E-state index in [1.807, 2.05) is 6.08 Å². The van der Waals surface area contributed by atoms with Gasteiger partial charge >= 0.3 is 5.97 Å². The van der Waals surface area contributed by atoms with Crippen LogP contribution in [0.5, 0.6) is 0 Å². The van der Waals surface area contributed by atoms with Crippen molar-refractivity contribution >= 4 is 11.9 Å². The van der Waals surface area contributed by atoms with Gasteiger partial charge in [0.25, 0.3) is 0 Å². The van der Waals surface area contributed by atoms with Gasteiger partial charge in [0, 0.05) is 12.8 Å². The van der Waals surface area contributed by atoms with Gasteiger partial charge in [-0.1, -0.05) is 366 Å². The number of amides is 1. The Hall–Kier alpha value is -1.86. The molecule has 0 bridgehead atoms. The Balaban J connectivity index is 1.85.